The van der Waals surface area contributed by atoms with E-state index >= 15 is 0 Å². The van der Waals surface area contributed by atoms with Crippen LogP contribution in [0.4, 0.5) is 0 Å². The van der Waals surface area contributed by atoms with Crippen molar-refractivity contribution in [2.24, 2.45) is 0 Å². The summed E-state index contributed by atoms with van der Waals surface area (Å²) in [5.41, 5.74) is 1.30. The van der Waals surface area contributed by atoms with Gasteiger partial charge in [-0.25, -0.2) is 4.79 Å². The number of nitrogens with zero attached hydrogens (tertiary/aromatic N) is 1. The zero-order valence-electron chi connectivity index (χ0n) is 11.9. The van der Waals surface area contributed by atoms with Crippen molar-refractivity contribution in [3.8, 4) is 5.75 Å². The molecule has 4 heteroatoms. The third-order valence-electron chi connectivity index (χ3n) is 3.15. The molecule has 0 atom stereocenters. The van der Waals surface area contributed by atoms with Gasteiger partial charge in [-0.3, -0.25) is 4.98 Å². The van der Waals surface area contributed by atoms with Crippen LogP contribution in [0.2, 0.25) is 0 Å². The van der Waals surface area contributed by atoms with Gasteiger partial charge in [-0.1, -0.05) is 36.4 Å². The molecule has 0 saturated carbocycles. The van der Waals surface area contributed by atoms with E-state index in [1.807, 2.05) is 54.6 Å². The van der Waals surface area contributed by atoms with E-state index in [1.54, 1.807) is 6.07 Å². The van der Waals surface area contributed by atoms with E-state index in [-0.39, 0.29) is 6.61 Å². The fourth-order valence-electron chi connectivity index (χ4n) is 2.08. The van der Waals surface area contributed by atoms with Crippen molar-refractivity contribution in [1.29, 1.82) is 0 Å². The fraction of sp³-hybridized carbons (Fsp3) is 0.111. The standard InChI is InChI=1S/C18H15NO3/c20-18(22-11-10-21-16-7-2-1-3-8-16)15-12-14-6-4-5-9-17(14)19-13-15/h1-9,12-13H,10-11H2. The summed E-state index contributed by atoms with van der Waals surface area (Å²) in [7, 11) is 0. The maximum Gasteiger partial charge on any atom is 0.339 e. The summed E-state index contributed by atoms with van der Waals surface area (Å²) in [5.74, 6) is 0.362. The lowest BCUT2D eigenvalue weighted by molar-refractivity contribution is 0.0450. The highest BCUT2D eigenvalue weighted by Crippen LogP contribution is 2.13. The zero-order chi connectivity index (χ0) is 15.2. The van der Waals surface area contributed by atoms with Crippen molar-refractivity contribution in [2.75, 3.05) is 13.2 Å². The Kier molecular flexibility index (Phi) is 4.30. The predicted molar refractivity (Wildman–Crippen MR) is 84.0 cm³/mol. The van der Waals surface area contributed by atoms with E-state index in [0.717, 1.165) is 16.7 Å². The molecule has 2 aromatic carbocycles. The van der Waals surface area contributed by atoms with E-state index in [9.17, 15) is 4.79 Å². The maximum atomic E-state index is 12.0. The number of ether oxygens (including phenoxy) is 2. The van der Waals surface area contributed by atoms with Crippen molar-refractivity contribution < 1.29 is 14.3 Å². The Bertz CT molecular complexity index is 771. The number of carbonyl (C=O) groups is 1. The first-order chi connectivity index (χ1) is 10.8. The van der Waals surface area contributed by atoms with Gasteiger partial charge in [-0.2, -0.15) is 0 Å². The van der Waals surface area contributed by atoms with Gasteiger partial charge in [0.1, 0.15) is 19.0 Å². The van der Waals surface area contributed by atoms with Crippen LogP contribution >= 0.6 is 0 Å². The number of benzene rings is 2. The normalized spacial score (nSPS) is 10.4. The number of esters is 1. The van der Waals surface area contributed by atoms with Crippen LogP contribution in [-0.2, 0) is 4.74 Å². The first kappa shape index (κ1) is 14.1. The summed E-state index contributed by atoms with van der Waals surface area (Å²) in [6.07, 6.45) is 1.53. The Morgan fingerprint density at radius 1 is 0.955 bits per heavy atom. The molecule has 0 amide bonds. The highest BCUT2D eigenvalue weighted by molar-refractivity contribution is 5.93. The van der Waals surface area contributed by atoms with E-state index < -0.39 is 5.97 Å². The molecular formula is C18H15NO3. The number of aromatic nitrogens is 1. The molecule has 0 aliphatic heterocycles. The van der Waals surface area contributed by atoms with E-state index in [1.165, 1.54) is 6.20 Å². The van der Waals surface area contributed by atoms with Crippen LogP contribution in [0.5, 0.6) is 5.75 Å². The number of hydrogen-bond acceptors (Lipinski definition) is 4. The number of para-hydroxylation sites is 2. The molecule has 1 aromatic heterocycles. The van der Waals surface area contributed by atoms with Gasteiger partial charge in [-0.15, -0.1) is 0 Å². The van der Waals surface area contributed by atoms with Crippen molar-refractivity contribution in [1.82, 2.24) is 4.98 Å². The Balaban J connectivity index is 1.54. The molecule has 0 radical (unpaired) electrons. The number of hydrogen-bond donors (Lipinski definition) is 0. The van der Waals surface area contributed by atoms with E-state index in [4.69, 9.17) is 9.47 Å². The lowest BCUT2D eigenvalue weighted by Crippen LogP contribution is -2.12. The average molecular weight is 293 g/mol. The zero-order valence-corrected chi connectivity index (χ0v) is 11.9. The molecule has 22 heavy (non-hydrogen) atoms. The second kappa shape index (κ2) is 6.72. The van der Waals surface area contributed by atoms with Crippen LogP contribution in [0.15, 0.2) is 66.9 Å². The van der Waals surface area contributed by atoms with Crippen molar-refractivity contribution in [3.05, 3.63) is 72.4 Å². The summed E-state index contributed by atoms with van der Waals surface area (Å²) < 4.78 is 10.7. The third-order valence-corrected chi connectivity index (χ3v) is 3.15. The molecule has 0 aliphatic carbocycles. The smallest absolute Gasteiger partial charge is 0.339 e. The Hall–Kier alpha value is -2.88. The first-order valence-electron chi connectivity index (χ1n) is 7.03. The van der Waals surface area contributed by atoms with Crippen LogP contribution in [0, 0.1) is 0 Å². The molecule has 0 spiro atoms. The summed E-state index contributed by atoms with van der Waals surface area (Å²) in [6.45, 7) is 0.511. The second-order valence-corrected chi connectivity index (χ2v) is 4.71. The molecular weight excluding hydrogens is 278 g/mol. The maximum absolute atomic E-state index is 12.0. The molecule has 3 rings (SSSR count). The van der Waals surface area contributed by atoms with Crippen molar-refractivity contribution in [3.63, 3.8) is 0 Å². The highest BCUT2D eigenvalue weighted by atomic mass is 16.6. The predicted octanol–water partition coefficient (Wildman–Crippen LogP) is 3.47. The SMILES string of the molecule is O=C(OCCOc1ccccc1)c1cnc2ccccc2c1. The molecule has 4 nitrogen and oxygen atoms in total. The molecule has 0 fully saturated rings. The van der Waals surface area contributed by atoms with Gasteiger partial charge in [0, 0.05) is 11.6 Å². The van der Waals surface area contributed by atoms with E-state index in [0.29, 0.717) is 12.2 Å². The minimum absolute atomic E-state index is 0.195. The first-order valence-corrected chi connectivity index (χ1v) is 7.03. The van der Waals surface area contributed by atoms with Crippen molar-refractivity contribution >= 4 is 16.9 Å². The van der Waals surface area contributed by atoms with Gasteiger partial charge in [0.25, 0.3) is 0 Å². The summed E-state index contributed by atoms with van der Waals surface area (Å²) in [6, 6.07) is 18.8. The molecule has 3 aromatic rings. The fourth-order valence-corrected chi connectivity index (χ4v) is 2.08. The Labute approximate surface area is 128 Å². The molecule has 0 N–H and O–H groups in total. The van der Waals surface area contributed by atoms with Crippen LogP contribution in [0.1, 0.15) is 10.4 Å². The lowest BCUT2D eigenvalue weighted by Gasteiger charge is -2.07. The highest BCUT2D eigenvalue weighted by Gasteiger charge is 2.08. The topological polar surface area (TPSA) is 48.4 Å². The van der Waals surface area contributed by atoms with Crippen LogP contribution in [0.3, 0.4) is 0 Å². The Morgan fingerprint density at radius 3 is 2.59 bits per heavy atom. The molecule has 0 saturated heterocycles. The molecule has 1 heterocycles. The van der Waals surface area contributed by atoms with Crippen LogP contribution in [0.25, 0.3) is 10.9 Å². The number of pyridine rings is 1. The molecule has 0 unspecified atom stereocenters. The van der Waals surface area contributed by atoms with Gasteiger partial charge >= 0.3 is 5.97 Å². The van der Waals surface area contributed by atoms with Gasteiger partial charge in [0.2, 0.25) is 0 Å². The Morgan fingerprint density at radius 2 is 1.73 bits per heavy atom. The van der Waals surface area contributed by atoms with Gasteiger partial charge < -0.3 is 9.47 Å². The minimum atomic E-state index is -0.394. The van der Waals surface area contributed by atoms with Crippen LogP contribution < -0.4 is 4.74 Å². The summed E-state index contributed by atoms with van der Waals surface area (Å²) >= 11 is 0. The number of carbonyl (C=O) groups excluding carboxylic acids is 1. The van der Waals surface area contributed by atoms with Gasteiger partial charge in [0.05, 0.1) is 11.1 Å². The van der Waals surface area contributed by atoms with Gasteiger partial charge in [0.15, 0.2) is 0 Å². The monoisotopic (exact) mass is 293 g/mol. The minimum Gasteiger partial charge on any atom is -0.490 e. The largest absolute Gasteiger partial charge is 0.490 e. The molecule has 110 valence electrons. The van der Waals surface area contributed by atoms with E-state index in [2.05, 4.69) is 4.98 Å². The van der Waals surface area contributed by atoms with Crippen molar-refractivity contribution in [2.45, 2.75) is 0 Å². The number of rotatable bonds is 5. The second-order valence-electron chi connectivity index (χ2n) is 4.71. The molecule has 0 bridgehead atoms. The molecule has 0 aliphatic rings. The van der Waals surface area contributed by atoms with Gasteiger partial charge in [-0.05, 0) is 24.3 Å². The lowest BCUT2D eigenvalue weighted by atomic mass is 10.1. The van der Waals surface area contributed by atoms with Crippen LogP contribution in [-0.4, -0.2) is 24.2 Å². The summed E-state index contributed by atoms with van der Waals surface area (Å²) in [4.78, 5) is 16.2. The quantitative estimate of drug-likeness (QED) is 0.534. The third kappa shape index (κ3) is 3.41. The average Bonchev–Trinajstić information content (AvgIpc) is 2.59. The number of fused-ring (bicyclic) bond motifs is 1. The summed E-state index contributed by atoms with van der Waals surface area (Å²) in [5, 5.41) is 0.914.